The maximum absolute atomic E-state index is 5.55. The van der Waals surface area contributed by atoms with Crippen molar-refractivity contribution < 1.29 is 0 Å². The van der Waals surface area contributed by atoms with Gasteiger partial charge in [0.15, 0.2) is 0 Å². The molecule has 4 N–H and O–H groups in total. The lowest BCUT2D eigenvalue weighted by atomic mass is 10.2. The number of nitrogens with one attached hydrogen (secondary N) is 2. The summed E-state index contributed by atoms with van der Waals surface area (Å²) in [5.41, 5.74) is 8.57. The summed E-state index contributed by atoms with van der Waals surface area (Å²) in [4.78, 5) is 3.30. The van der Waals surface area contributed by atoms with Crippen molar-refractivity contribution in [3.05, 3.63) is 36.4 Å². The van der Waals surface area contributed by atoms with Crippen LogP contribution in [0.3, 0.4) is 0 Å². The highest BCUT2D eigenvalue weighted by atomic mass is 15.2. The van der Waals surface area contributed by atoms with E-state index in [2.05, 4.69) is 27.3 Å². The molecule has 0 aliphatic heterocycles. The van der Waals surface area contributed by atoms with Gasteiger partial charge in [0.1, 0.15) is 5.82 Å². The molecule has 0 radical (unpaired) electrons. The van der Waals surface area contributed by atoms with Crippen LogP contribution in [-0.2, 0) is 0 Å². The number of nitrogen functional groups attached to an aromatic ring is 1. The maximum Gasteiger partial charge on any atom is 0.145 e. The molecule has 0 bridgehead atoms. The molecule has 0 atom stereocenters. The Morgan fingerprint density at radius 1 is 1.07 bits per heavy atom. The SMILES string of the molecule is Nc1cc(-c2cc3ccccc3[nH]2)[nH]n1. The van der Waals surface area contributed by atoms with Gasteiger partial charge in [0.2, 0.25) is 0 Å². The Balaban J connectivity index is 2.19. The third-order valence-corrected chi connectivity index (χ3v) is 2.42. The number of aromatic amines is 2. The summed E-state index contributed by atoms with van der Waals surface area (Å²) in [7, 11) is 0. The van der Waals surface area contributed by atoms with Gasteiger partial charge in [-0.25, -0.2) is 0 Å². The van der Waals surface area contributed by atoms with Gasteiger partial charge in [-0.15, -0.1) is 0 Å². The van der Waals surface area contributed by atoms with Crippen molar-refractivity contribution >= 4 is 16.7 Å². The van der Waals surface area contributed by atoms with Crippen molar-refractivity contribution in [1.29, 1.82) is 0 Å². The predicted octanol–water partition coefficient (Wildman–Crippen LogP) is 2.14. The van der Waals surface area contributed by atoms with Gasteiger partial charge >= 0.3 is 0 Å². The summed E-state index contributed by atoms with van der Waals surface area (Å²) in [6.45, 7) is 0. The van der Waals surface area contributed by atoms with Crippen LogP contribution in [0.15, 0.2) is 36.4 Å². The minimum Gasteiger partial charge on any atom is -0.382 e. The minimum atomic E-state index is 0.503. The van der Waals surface area contributed by atoms with E-state index in [9.17, 15) is 0 Å². The molecule has 0 spiro atoms. The van der Waals surface area contributed by atoms with Crippen molar-refractivity contribution in [3.63, 3.8) is 0 Å². The minimum absolute atomic E-state index is 0.503. The van der Waals surface area contributed by atoms with Crippen LogP contribution in [0.25, 0.3) is 22.3 Å². The number of hydrogen-bond acceptors (Lipinski definition) is 2. The third-order valence-electron chi connectivity index (χ3n) is 2.42. The molecule has 0 fully saturated rings. The van der Waals surface area contributed by atoms with Crippen LogP contribution in [0.4, 0.5) is 5.82 Å². The molecular formula is C11H10N4. The summed E-state index contributed by atoms with van der Waals surface area (Å²) in [5.74, 6) is 0.503. The lowest BCUT2D eigenvalue weighted by Crippen LogP contribution is -1.81. The number of H-pyrrole nitrogens is 2. The first-order valence-corrected chi connectivity index (χ1v) is 4.72. The van der Waals surface area contributed by atoms with E-state index < -0.39 is 0 Å². The zero-order valence-electron chi connectivity index (χ0n) is 7.99. The van der Waals surface area contributed by atoms with Gasteiger partial charge in [0.05, 0.1) is 11.4 Å². The molecule has 74 valence electrons. The Morgan fingerprint density at radius 2 is 1.93 bits per heavy atom. The lowest BCUT2D eigenvalue weighted by molar-refractivity contribution is 1.10. The highest BCUT2D eigenvalue weighted by molar-refractivity contribution is 5.85. The summed E-state index contributed by atoms with van der Waals surface area (Å²) in [6, 6.07) is 12.0. The monoisotopic (exact) mass is 198 g/mol. The van der Waals surface area contributed by atoms with Gasteiger partial charge in [-0.1, -0.05) is 18.2 Å². The Kier molecular flexibility index (Phi) is 1.56. The fourth-order valence-corrected chi connectivity index (χ4v) is 1.69. The van der Waals surface area contributed by atoms with Crippen LogP contribution in [0.1, 0.15) is 0 Å². The third kappa shape index (κ3) is 1.27. The van der Waals surface area contributed by atoms with Crippen molar-refractivity contribution in [3.8, 4) is 11.4 Å². The second kappa shape index (κ2) is 2.88. The first-order valence-electron chi connectivity index (χ1n) is 4.72. The topological polar surface area (TPSA) is 70.5 Å². The van der Waals surface area contributed by atoms with Crippen LogP contribution in [0.5, 0.6) is 0 Å². The molecule has 0 aliphatic carbocycles. The second-order valence-corrected chi connectivity index (χ2v) is 3.48. The van der Waals surface area contributed by atoms with Crippen molar-refractivity contribution in [1.82, 2.24) is 15.2 Å². The molecule has 2 aromatic heterocycles. The highest BCUT2D eigenvalue weighted by Crippen LogP contribution is 2.23. The number of benzene rings is 1. The predicted molar refractivity (Wildman–Crippen MR) is 60.3 cm³/mol. The van der Waals surface area contributed by atoms with E-state index in [4.69, 9.17) is 5.73 Å². The molecule has 1 aromatic carbocycles. The maximum atomic E-state index is 5.55. The fourth-order valence-electron chi connectivity index (χ4n) is 1.69. The van der Waals surface area contributed by atoms with E-state index in [1.165, 1.54) is 5.39 Å². The van der Waals surface area contributed by atoms with Gasteiger partial charge in [-0.2, -0.15) is 5.10 Å². The molecule has 4 heteroatoms. The van der Waals surface area contributed by atoms with Gasteiger partial charge in [-0.3, -0.25) is 5.10 Å². The van der Waals surface area contributed by atoms with E-state index in [0.717, 1.165) is 16.9 Å². The zero-order chi connectivity index (χ0) is 10.3. The summed E-state index contributed by atoms with van der Waals surface area (Å²) >= 11 is 0. The number of nitrogens with zero attached hydrogens (tertiary/aromatic N) is 1. The lowest BCUT2D eigenvalue weighted by Gasteiger charge is -1.88. The van der Waals surface area contributed by atoms with Crippen LogP contribution < -0.4 is 5.73 Å². The van der Waals surface area contributed by atoms with Gasteiger partial charge < -0.3 is 10.7 Å². The first kappa shape index (κ1) is 8.11. The summed E-state index contributed by atoms with van der Waals surface area (Å²) < 4.78 is 0. The summed E-state index contributed by atoms with van der Waals surface area (Å²) in [6.07, 6.45) is 0. The van der Waals surface area contributed by atoms with Crippen molar-refractivity contribution in [2.75, 3.05) is 5.73 Å². The second-order valence-electron chi connectivity index (χ2n) is 3.48. The van der Waals surface area contributed by atoms with E-state index in [0.29, 0.717) is 5.82 Å². The van der Waals surface area contributed by atoms with Crippen LogP contribution in [0.2, 0.25) is 0 Å². The quantitative estimate of drug-likeness (QED) is 0.560. The largest absolute Gasteiger partial charge is 0.382 e. The Bertz CT molecular complexity index is 573. The van der Waals surface area contributed by atoms with E-state index >= 15 is 0 Å². The molecule has 0 unspecified atom stereocenters. The highest BCUT2D eigenvalue weighted by Gasteiger charge is 2.04. The van der Waals surface area contributed by atoms with E-state index in [1.54, 1.807) is 0 Å². The molecule has 3 aromatic rings. The van der Waals surface area contributed by atoms with Crippen LogP contribution in [0, 0.1) is 0 Å². The van der Waals surface area contributed by atoms with Gasteiger partial charge in [0, 0.05) is 17.0 Å². The molecule has 15 heavy (non-hydrogen) atoms. The van der Waals surface area contributed by atoms with Crippen molar-refractivity contribution in [2.45, 2.75) is 0 Å². The number of para-hydroxylation sites is 1. The van der Waals surface area contributed by atoms with Crippen molar-refractivity contribution in [2.24, 2.45) is 0 Å². The average Bonchev–Trinajstić information content (AvgIpc) is 2.82. The molecule has 4 nitrogen and oxygen atoms in total. The van der Waals surface area contributed by atoms with E-state index in [-0.39, 0.29) is 0 Å². The van der Waals surface area contributed by atoms with Crippen LogP contribution >= 0.6 is 0 Å². The smallest absolute Gasteiger partial charge is 0.145 e. The molecule has 0 saturated carbocycles. The average molecular weight is 198 g/mol. The number of rotatable bonds is 1. The number of fused-ring (bicyclic) bond motifs is 1. The number of aromatic nitrogens is 3. The Labute approximate surface area is 86.1 Å². The number of anilines is 1. The van der Waals surface area contributed by atoms with E-state index in [1.807, 2.05) is 24.3 Å². The fraction of sp³-hybridized carbons (Fsp3) is 0. The van der Waals surface area contributed by atoms with Gasteiger partial charge in [0.25, 0.3) is 0 Å². The number of hydrogen-bond donors (Lipinski definition) is 3. The molecule has 0 amide bonds. The Hall–Kier alpha value is -2.23. The van der Waals surface area contributed by atoms with Crippen LogP contribution in [-0.4, -0.2) is 15.2 Å². The first-order chi connectivity index (χ1) is 7.33. The standard InChI is InChI=1S/C11H10N4/c12-11-6-10(14-15-11)9-5-7-3-1-2-4-8(7)13-9/h1-6,13H,(H3,12,14,15). The molecule has 2 heterocycles. The normalized spacial score (nSPS) is 10.9. The Morgan fingerprint density at radius 3 is 2.67 bits per heavy atom. The zero-order valence-corrected chi connectivity index (χ0v) is 7.99. The summed E-state index contributed by atoms with van der Waals surface area (Å²) in [5, 5.41) is 7.95. The molecule has 3 rings (SSSR count). The number of nitrogens with two attached hydrogens (primary N) is 1. The van der Waals surface area contributed by atoms with Gasteiger partial charge in [-0.05, 0) is 12.1 Å². The molecule has 0 saturated heterocycles. The molecular weight excluding hydrogens is 188 g/mol. The molecule has 0 aliphatic rings.